The predicted octanol–water partition coefficient (Wildman–Crippen LogP) is 6.63. The predicted molar refractivity (Wildman–Crippen MR) is 264 cm³/mol. The number of amides is 1. The maximum Gasteiger partial charge on any atom is 0.338 e. The smallest absolute Gasteiger partial charge is 0.338 e. The average Bonchev–Trinajstić information content (AvgIpc) is 3.98. The molecule has 0 bridgehead atoms. The Morgan fingerprint density at radius 1 is 0.736 bits per heavy atom. The largest absolute Gasteiger partial charge is 0.459 e. The zero-order chi connectivity index (χ0) is 50.8. The van der Waals surface area contributed by atoms with Gasteiger partial charge in [-0.05, 0) is 68.5 Å². The quantitative estimate of drug-likeness (QED) is 0.0206. The number of imidazole rings is 1. The number of aliphatic hydroxyl groups excluding tert-OH is 1. The van der Waals surface area contributed by atoms with Crippen molar-refractivity contribution in [2.24, 2.45) is 10.9 Å². The Bertz CT molecular complexity index is 2530. The van der Waals surface area contributed by atoms with Gasteiger partial charge in [-0.25, -0.2) is 34.3 Å². The van der Waals surface area contributed by atoms with Crippen molar-refractivity contribution >= 4 is 47.1 Å². The van der Waals surface area contributed by atoms with Crippen LogP contribution in [0.4, 0.5) is 5.82 Å². The number of unbranched alkanes of at least 4 members (excludes halogenated alkanes) is 4. The molecule has 0 radical (unpaired) electrons. The van der Waals surface area contributed by atoms with Gasteiger partial charge in [0.25, 0.3) is 0 Å². The normalized spacial score (nSPS) is 22.9. The minimum atomic E-state index is -1.18. The molecule has 5 aromatic rings. The number of benzene rings is 3. The van der Waals surface area contributed by atoms with E-state index in [1.165, 1.54) is 6.33 Å². The van der Waals surface area contributed by atoms with Crippen LogP contribution in [0.2, 0.25) is 0 Å². The lowest BCUT2D eigenvalue weighted by Gasteiger charge is -2.44. The van der Waals surface area contributed by atoms with Crippen molar-refractivity contribution in [3.05, 3.63) is 120 Å². The number of aromatic nitrogens is 4. The molecule has 384 valence electrons. The highest BCUT2D eigenvalue weighted by atomic mass is 16.7. The lowest BCUT2D eigenvalue weighted by molar-refractivity contribution is -0.281. The zero-order valence-corrected chi connectivity index (χ0v) is 41.2. The summed E-state index contributed by atoms with van der Waals surface area (Å²) in [6.07, 6.45) is 3.17. The molecule has 3 aromatic carbocycles. The molecule has 1 unspecified atom stereocenters. The van der Waals surface area contributed by atoms with E-state index in [2.05, 4.69) is 25.3 Å². The van der Waals surface area contributed by atoms with Gasteiger partial charge in [0.05, 0.1) is 35.5 Å². The number of aliphatic imine (C=N–C) groups is 1. The molecule has 2 aliphatic rings. The lowest BCUT2D eigenvalue weighted by Crippen LogP contribution is -2.58. The van der Waals surface area contributed by atoms with Crippen LogP contribution in [0.1, 0.15) is 103 Å². The Hall–Kier alpha value is -6.64. The van der Waals surface area contributed by atoms with Gasteiger partial charge in [0.2, 0.25) is 5.91 Å². The molecule has 19 nitrogen and oxygen atoms in total. The summed E-state index contributed by atoms with van der Waals surface area (Å²) in [5, 5.41) is 14.1. The summed E-state index contributed by atoms with van der Waals surface area (Å²) in [5.41, 5.74) is 1.95. The van der Waals surface area contributed by atoms with Crippen LogP contribution >= 0.6 is 0 Å². The van der Waals surface area contributed by atoms with Crippen molar-refractivity contribution in [1.82, 2.24) is 29.7 Å². The topological polar surface area (TPSA) is 224 Å². The van der Waals surface area contributed by atoms with Crippen molar-refractivity contribution in [3.8, 4) is 0 Å². The van der Waals surface area contributed by atoms with E-state index in [0.717, 1.165) is 25.7 Å². The Morgan fingerprint density at radius 3 is 2.00 bits per heavy atom. The van der Waals surface area contributed by atoms with E-state index in [1.54, 1.807) is 120 Å². The number of ether oxygens (including phenoxy) is 7. The number of hydrogen-bond donors (Lipinski definition) is 2. The average molecular weight is 992 g/mol. The second kappa shape index (κ2) is 26.7. The van der Waals surface area contributed by atoms with Gasteiger partial charge in [0.1, 0.15) is 37.4 Å². The number of esters is 3. The third-order valence-electron chi connectivity index (χ3n) is 12.4. The fourth-order valence-corrected chi connectivity index (χ4v) is 8.48. The molecule has 72 heavy (non-hydrogen) atoms. The van der Waals surface area contributed by atoms with Gasteiger partial charge < -0.3 is 48.5 Å². The van der Waals surface area contributed by atoms with Crippen molar-refractivity contribution in [2.45, 2.75) is 114 Å². The van der Waals surface area contributed by atoms with Gasteiger partial charge in [0.15, 0.2) is 35.6 Å². The monoisotopic (exact) mass is 991 g/mol. The first-order valence-corrected chi connectivity index (χ1v) is 24.6. The van der Waals surface area contributed by atoms with Gasteiger partial charge in [-0.1, -0.05) is 81.3 Å². The maximum atomic E-state index is 13.5. The van der Waals surface area contributed by atoms with Crippen LogP contribution in [0.25, 0.3) is 11.2 Å². The Balaban J connectivity index is 0.855. The molecule has 2 N–H and O–H groups in total. The summed E-state index contributed by atoms with van der Waals surface area (Å²) in [6.45, 7) is 4.55. The minimum absolute atomic E-state index is 0.0717. The number of nitrogens with one attached hydrogen (secondary N) is 1. The molecule has 19 heteroatoms. The highest BCUT2D eigenvalue weighted by Gasteiger charge is 2.50. The molecule has 0 spiro atoms. The molecule has 4 heterocycles. The molecular weight excluding hydrogens is 927 g/mol. The van der Waals surface area contributed by atoms with Gasteiger partial charge >= 0.3 is 17.9 Å². The SMILES string of the molecule is CC[C@H]1O[C@@H](n2cnc3c(N=CN(C)C)ncnc32)C(OCCCCCCNC(=O)CCCCO[C@@H]2O[C@H](COC(=O)c3ccccc3)[C@H](OC(=O)c3ccccc3)[C@H](OC(=O)c3ccccc3)[C@H]2C)[C@H]1O. The van der Waals surface area contributed by atoms with Crippen LogP contribution in [0.5, 0.6) is 0 Å². The molecule has 7 rings (SSSR count). The highest BCUT2D eigenvalue weighted by Crippen LogP contribution is 2.36. The Morgan fingerprint density at radius 2 is 1.35 bits per heavy atom. The Labute approximate surface area is 419 Å². The first-order valence-electron chi connectivity index (χ1n) is 24.6. The van der Waals surface area contributed by atoms with Crippen LogP contribution < -0.4 is 5.32 Å². The van der Waals surface area contributed by atoms with E-state index in [-0.39, 0.29) is 24.7 Å². The third kappa shape index (κ3) is 14.3. The second-order valence-corrected chi connectivity index (χ2v) is 18.0. The molecule has 1 amide bonds. The van der Waals surface area contributed by atoms with Crippen LogP contribution in [0, 0.1) is 5.92 Å². The van der Waals surface area contributed by atoms with Crippen molar-refractivity contribution in [1.29, 1.82) is 0 Å². The third-order valence-corrected chi connectivity index (χ3v) is 12.4. The molecule has 2 aliphatic heterocycles. The molecule has 2 fully saturated rings. The molecule has 2 saturated heterocycles. The fourth-order valence-electron chi connectivity index (χ4n) is 8.48. The van der Waals surface area contributed by atoms with Gasteiger partial charge in [-0.2, -0.15) is 0 Å². The van der Waals surface area contributed by atoms with Crippen molar-refractivity contribution in [3.63, 3.8) is 0 Å². The Kier molecular flexibility index (Phi) is 19.7. The van der Waals surface area contributed by atoms with Crippen molar-refractivity contribution in [2.75, 3.05) is 40.5 Å². The van der Waals surface area contributed by atoms with E-state index < -0.39 is 73.0 Å². The van der Waals surface area contributed by atoms with Gasteiger partial charge in [0, 0.05) is 46.2 Å². The number of nitrogens with zero attached hydrogens (tertiary/aromatic N) is 6. The molecule has 0 saturated carbocycles. The van der Waals surface area contributed by atoms with E-state index in [0.29, 0.717) is 66.9 Å². The summed E-state index contributed by atoms with van der Waals surface area (Å²) in [4.78, 5) is 72.3. The first kappa shape index (κ1) is 53.2. The highest BCUT2D eigenvalue weighted by molar-refractivity contribution is 5.91. The standard InChI is InChI=1S/C53H65N7O12/c1-5-39-43(62)46(49(69-39)60-34-57-42-47(58-33-59(3)4)55-32-56-48(42)60)66-29-19-7-6-18-28-54-41(61)27-17-20-30-67-53-35(2)44(71-51(64)37-23-13-9-14-24-37)45(72-52(65)38-25-15-10-16-26-38)40(70-53)31-68-50(63)36-21-11-8-12-22-36/h8-16,21-26,32-35,39-40,43-46,49,53,62H,5-7,17-20,27-31H2,1-4H3,(H,54,61)/t35-,39-,40-,43+,44-,45+,46?,49-,53-/m1/s1. The summed E-state index contributed by atoms with van der Waals surface area (Å²) in [6, 6.07) is 25.3. The van der Waals surface area contributed by atoms with E-state index in [1.807, 2.05) is 21.0 Å². The fraction of sp³-hybridized carbons (Fsp3) is 0.472. The number of fused-ring (bicyclic) bond motifs is 1. The second-order valence-electron chi connectivity index (χ2n) is 18.0. The zero-order valence-electron chi connectivity index (χ0n) is 41.2. The van der Waals surface area contributed by atoms with Gasteiger partial charge in [-0.15, -0.1) is 0 Å². The summed E-state index contributed by atoms with van der Waals surface area (Å²) < 4.78 is 44.7. The number of aliphatic hydroxyl groups is 1. The number of rotatable bonds is 25. The number of hydrogen-bond acceptors (Lipinski definition) is 16. The number of carbonyl (C=O) groups is 4. The van der Waals surface area contributed by atoms with E-state index in [4.69, 9.17) is 33.2 Å². The maximum absolute atomic E-state index is 13.5. The van der Waals surface area contributed by atoms with Crippen molar-refractivity contribution < 1.29 is 57.4 Å². The van der Waals surface area contributed by atoms with Gasteiger partial charge in [-0.3, -0.25) is 9.36 Å². The van der Waals surface area contributed by atoms with Crippen LogP contribution in [-0.2, 0) is 38.0 Å². The number of carbonyl (C=O) groups excluding carboxylic acids is 4. The molecular formula is C53H65N7O12. The minimum Gasteiger partial charge on any atom is -0.459 e. The van der Waals surface area contributed by atoms with E-state index >= 15 is 0 Å². The summed E-state index contributed by atoms with van der Waals surface area (Å²) >= 11 is 0. The summed E-state index contributed by atoms with van der Waals surface area (Å²) in [7, 11) is 3.73. The lowest BCUT2D eigenvalue weighted by atomic mass is 9.91. The van der Waals surface area contributed by atoms with E-state index in [9.17, 15) is 24.3 Å². The molecule has 0 aliphatic carbocycles. The molecule has 9 atom stereocenters. The van der Waals surface area contributed by atoms with Crippen LogP contribution in [-0.4, -0.2) is 143 Å². The van der Waals surface area contributed by atoms with Crippen LogP contribution in [0.3, 0.4) is 0 Å². The van der Waals surface area contributed by atoms with Crippen LogP contribution in [0.15, 0.2) is 109 Å². The first-order chi connectivity index (χ1) is 35.0. The summed E-state index contributed by atoms with van der Waals surface area (Å²) in [5.74, 6) is -2.21. The molecule has 2 aromatic heterocycles.